The van der Waals surface area contributed by atoms with E-state index in [0.717, 1.165) is 0 Å². The van der Waals surface area contributed by atoms with E-state index in [0.29, 0.717) is 25.8 Å². The highest BCUT2D eigenvalue weighted by molar-refractivity contribution is 5.91. The average Bonchev–Trinajstić information content (AvgIpc) is 3.23. The predicted molar refractivity (Wildman–Crippen MR) is 200 cm³/mol. The van der Waals surface area contributed by atoms with Crippen molar-refractivity contribution in [1.29, 1.82) is 0 Å². The molecule has 12 heteroatoms. The molecule has 0 bridgehead atoms. The molecule has 1 aliphatic rings. The molecule has 2 N–H and O–H groups in total. The van der Waals surface area contributed by atoms with Crippen molar-refractivity contribution in [3.8, 4) is 11.8 Å². The molecular formula is C43H43NO11. The summed E-state index contributed by atoms with van der Waals surface area (Å²) in [6.07, 6.45) is -6.51. The number of ether oxygens (including phenoxy) is 6. The van der Waals surface area contributed by atoms with Gasteiger partial charge in [-0.3, -0.25) is 5.32 Å². The van der Waals surface area contributed by atoms with Crippen molar-refractivity contribution in [1.82, 2.24) is 5.32 Å². The van der Waals surface area contributed by atoms with Crippen LogP contribution in [0.15, 0.2) is 121 Å². The summed E-state index contributed by atoms with van der Waals surface area (Å²) in [7, 11) is 0. The van der Waals surface area contributed by atoms with Gasteiger partial charge >= 0.3 is 23.9 Å². The Bertz CT molecular complexity index is 1880. The number of rotatable bonds is 17. The van der Waals surface area contributed by atoms with Gasteiger partial charge in [-0.25, -0.2) is 19.2 Å². The molecule has 286 valence electrons. The third kappa shape index (κ3) is 12.1. The summed E-state index contributed by atoms with van der Waals surface area (Å²) < 4.78 is 36.4. The molecule has 5 rings (SSSR count). The van der Waals surface area contributed by atoms with Gasteiger partial charge in [0.05, 0.1) is 28.8 Å². The number of hydrogen-bond donors (Lipinski definition) is 2. The molecule has 0 aliphatic carbocycles. The van der Waals surface area contributed by atoms with Gasteiger partial charge < -0.3 is 33.5 Å². The third-order valence-electron chi connectivity index (χ3n) is 8.49. The van der Waals surface area contributed by atoms with Crippen molar-refractivity contribution < 1.29 is 52.7 Å². The second-order valence-electron chi connectivity index (χ2n) is 12.4. The van der Waals surface area contributed by atoms with Crippen LogP contribution in [0.5, 0.6) is 0 Å². The van der Waals surface area contributed by atoms with Gasteiger partial charge in [-0.15, -0.1) is 5.92 Å². The van der Waals surface area contributed by atoms with Crippen LogP contribution >= 0.6 is 0 Å². The Labute approximate surface area is 319 Å². The monoisotopic (exact) mass is 749 g/mol. The smallest absolute Gasteiger partial charge is 0.338 e. The summed E-state index contributed by atoms with van der Waals surface area (Å²) in [6.45, 7) is 1.66. The Hall–Kier alpha value is -5.84. The van der Waals surface area contributed by atoms with Gasteiger partial charge in [0.1, 0.15) is 18.9 Å². The van der Waals surface area contributed by atoms with E-state index >= 15 is 0 Å². The zero-order valence-electron chi connectivity index (χ0n) is 30.3. The summed E-state index contributed by atoms with van der Waals surface area (Å²) in [5, 5.41) is 13.2. The van der Waals surface area contributed by atoms with E-state index in [1.165, 1.54) is 0 Å². The van der Waals surface area contributed by atoms with E-state index in [1.54, 1.807) is 128 Å². The second kappa shape index (κ2) is 21.2. The lowest BCUT2D eigenvalue weighted by Gasteiger charge is -2.44. The Morgan fingerprint density at radius 2 is 1.11 bits per heavy atom. The minimum absolute atomic E-state index is 0.0654. The van der Waals surface area contributed by atoms with Crippen LogP contribution in [0.4, 0.5) is 0 Å². The lowest BCUT2D eigenvalue weighted by Crippen LogP contribution is -2.63. The summed E-state index contributed by atoms with van der Waals surface area (Å²) in [4.78, 5) is 54.1. The summed E-state index contributed by atoms with van der Waals surface area (Å²) in [5.41, 5.74) is 0.826. The van der Waals surface area contributed by atoms with Crippen molar-refractivity contribution in [2.75, 3.05) is 19.8 Å². The first-order valence-corrected chi connectivity index (χ1v) is 17.9. The van der Waals surface area contributed by atoms with Crippen molar-refractivity contribution in [2.45, 2.75) is 63.1 Å². The van der Waals surface area contributed by atoms with Crippen LogP contribution in [-0.2, 0) is 28.4 Å². The van der Waals surface area contributed by atoms with Crippen molar-refractivity contribution in [3.05, 3.63) is 144 Å². The minimum Gasteiger partial charge on any atom is -0.459 e. The molecule has 0 spiro atoms. The maximum atomic E-state index is 13.7. The number of aliphatic hydroxyl groups excluding tert-OH is 1. The van der Waals surface area contributed by atoms with Crippen LogP contribution in [0, 0.1) is 11.8 Å². The summed E-state index contributed by atoms with van der Waals surface area (Å²) in [6, 6.07) is 32.7. The SMILES string of the molecule is CC#CCNC(O)CCCCOC1OC(COC(=O)c2ccccc2)C(OC(=O)c2ccccc2)C(OC(=O)c2ccccc2)C1OC(=O)c1ccccc1. The van der Waals surface area contributed by atoms with E-state index in [-0.39, 0.29) is 28.9 Å². The number of nitrogens with one attached hydrogen (secondary N) is 1. The molecule has 0 radical (unpaired) electrons. The molecule has 6 atom stereocenters. The van der Waals surface area contributed by atoms with Gasteiger partial charge in [-0.2, -0.15) is 0 Å². The molecule has 1 fully saturated rings. The number of carbonyl (C=O) groups is 4. The molecule has 0 aromatic heterocycles. The van der Waals surface area contributed by atoms with Crippen LogP contribution in [0.25, 0.3) is 0 Å². The third-order valence-corrected chi connectivity index (χ3v) is 8.49. The van der Waals surface area contributed by atoms with E-state index in [9.17, 15) is 24.3 Å². The maximum Gasteiger partial charge on any atom is 0.338 e. The van der Waals surface area contributed by atoms with E-state index < -0.39 is 67.4 Å². The molecule has 12 nitrogen and oxygen atoms in total. The van der Waals surface area contributed by atoms with Crippen LogP contribution in [0.2, 0.25) is 0 Å². The lowest BCUT2D eigenvalue weighted by atomic mass is 9.97. The van der Waals surface area contributed by atoms with E-state index in [2.05, 4.69) is 17.2 Å². The van der Waals surface area contributed by atoms with E-state index in [4.69, 9.17) is 28.4 Å². The molecule has 1 saturated heterocycles. The molecular weight excluding hydrogens is 706 g/mol. The summed E-state index contributed by atoms with van der Waals surface area (Å²) >= 11 is 0. The molecule has 4 aromatic rings. The number of unbranched alkanes of at least 4 members (excludes halogenated alkanes) is 1. The van der Waals surface area contributed by atoms with Crippen molar-refractivity contribution in [2.24, 2.45) is 0 Å². The standard InChI is InChI=1S/C43H43NO11/c1-2-3-27-44-35(45)26-16-17-28-50-43-38(55-42(49)33-24-14-7-15-25-33)37(54-41(48)32-22-12-6-13-23-32)36(53-40(47)31-20-10-5-11-21-31)34(52-43)29-51-39(46)30-18-8-4-9-19-30/h4-15,18-25,34-38,43-45H,16-17,26-29H2,1H3. The first kappa shape index (κ1) is 40.3. The Kier molecular flexibility index (Phi) is 15.5. The number of hydrogen-bond acceptors (Lipinski definition) is 12. The highest BCUT2D eigenvalue weighted by Gasteiger charge is 2.53. The normalized spacial score (nSPS) is 19.5. The van der Waals surface area contributed by atoms with Gasteiger partial charge in [0.25, 0.3) is 0 Å². The Morgan fingerprint density at radius 1 is 0.655 bits per heavy atom. The number of carbonyl (C=O) groups excluding carboxylic acids is 4. The van der Waals surface area contributed by atoms with Gasteiger partial charge in [-0.05, 0) is 74.7 Å². The average molecular weight is 750 g/mol. The molecule has 0 saturated carbocycles. The number of esters is 4. The van der Waals surface area contributed by atoms with Crippen LogP contribution in [0.3, 0.4) is 0 Å². The van der Waals surface area contributed by atoms with Crippen LogP contribution in [-0.4, -0.2) is 85.7 Å². The second-order valence-corrected chi connectivity index (χ2v) is 12.4. The zero-order chi connectivity index (χ0) is 38.8. The Balaban J connectivity index is 1.47. The molecule has 55 heavy (non-hydrogen) atoms. The van der Waals surface area contributed by atoms with Gasteiger partial charge in [-0.1, -0.05) is 78.7 Å². The predicted octanol–water partition coefficient (Wildman–Crippen LogP) is 5.36. The maximum absolute atomic E-state index is 13.7. The fourth-order valence-electron chi connectivity index (χ4n) is 5.66. The number of benzene rings is 4. The first-order chi connectivity index (χ1) is 26.8. The first-order valence-electron chi connectivity index (χ1n) is 17.9. The zero-order valence-corrected chi connectivity index (χ0v) is 30.3. The van der Waals surface area contributed by atoms with Crippen LogP contribution < -0.4 is 5.32 Å². The topological polar surface area (TPSA) is 156 Å². The fraction of sp³-hybridized carbons (Fsp3) is 0.302. The van der Waals surface area contributed by atoms with Gasteiger partial charge in [0, 0.05) is 6.61 Å². The van der Waals surface area contributed by atoms with E-state index in [1.807, 2.05) is 0 Å². The van der Waals surface area contributed by atoms with Crippen molar-refractivity contribution in [3.63, 3.8) is 0 Å². The molecule has 0 amide bonds. The van der Waals surface area contributed by atoms with Crippen LogP contribution in [0.1, 0.15) is 67.6 Å². The number of aliphatic hydroxyl groups is 1. The molecule has 6 unspecified atom stereocenters. The van der Waals surface area contributed by atoms with Crippen molar-refractivity contribution >= 4 is 23.9 Å². The van der Waals surface area contributed by atoms with Gasteiger partial charge in [0.2, 0.25) is 0 Å². The molecule has 1 heterocycles. The fourth-order valence-corrected chi connectivity index (χ4v) is 5.66. The highest BCUT2D eigenvalue weighted by Crippen LogP contribution is 2.32. The lowest BCUT2D eigenvalue weighted by molar-refractivity contribution is -0.298. The molecule has 4 aromatic carbocycles. The van der Waals surface area contributed by atoms with Gasteiger partial charge in [0.15, 0.2) is 24.6 Å². The summed E-state index contributed by atoms with van der Waals surface area (Å²) in [5.74, 6) is 2.54. The Morgan fingerprint density at radius 3 is 1.60 bits per heavy atom. The highest BCUT2D eigenvalue weighted by atomic mass is 16.7. The quantitative estimate of drug-likeness (QED) is 0.0469. The minimum atomic E-state index is -1.52. The largest absolute Gasteiger partial charge is 0.459 e. The molecule has 1 aliphatic heterocycles.